The summed E-state index contributed by atoms with van der Waals surface area (Å²) in [6.45, 7) is 7.16. The van der Waals surface area contributed by atoms with Crippen LogP contribution in [0.5, 0.6) is 0 Å². The molecule has 3 saturated carbocycles. The maximum Gasteiger partial charge on any atom is 0.155 e. The molecule has 4 aliphatic carbocycles. The number of hydrogen-bond donors (Lipinski definition) is 0. The van der Waals surface area contributed by atoms with Crippen LogP contribution in [-0.2, 0) is 4.79 Å². The molecule has 4 rings (SSSR count). The molecule has 2 heteroatoms. The van der Waals surface area contributed by atoms with E-state index in [0.717, 1.165) is 43.4 Å². The average molecular weight is 325 g/mol. The molecule has 0 spiro atoms. The third-order valence-corrected chi connectivity index (χ3v) is 8.77. The van der Waals surface area contributed by atoms with Gasteiger partial charge in [0.2, 0.25) is 0 Å². The predicted molar refractivity (Wildman–Crippen MR) is 95.0 cm³/mol. The van der Waals surface area contributed by atoms with Crippen molar-refractivity contribution >= 4 is 5.78 Å². The molecule has 0 heterocycles. The summed E-state index contributed by atoms with van der Waals surface area (Å²) in [6, 6.07) is 2.64. The summed E-state index contributed by atoms with van der Waals surface area (Å²) in [6.07, 6.45) is 11.1. The molecule has 0 aromatic rings. The predicted octanol–water partition coefficient (Wildman–Crippen LogP) is 5.29. The standard InChI is InChI=1S/C22H31NO/c1-4-14-11-17-18-6-5-15(13-23)21(18,2)10-8-19(17)22(3)9-7-16(24)12-20(14)22/h12,14-15,17-19H,4-11H2,1-3H3/t14?,15-,17+,18+,19+,21-,22-/m1/s1. The molecule has 24 heavy (non-hydrogen) atoms. The van der Waals surface area contributed by atoms with E-state index in [0.29, 0.717) is 11.7 Å². The highest BCUT2D eigenvalue weighted by Crippen LogP contribution is 2.67. The third kappa shape index (κ3) is 2.03. The van der Waals surface area contributed by atoms with Crippen LogP contribution in [0.3, 0.4) is 0 Å². The van der Waals surface area contributed by atoms with E-state index in [9.17, 15) is 10.1 Å². The van der Waals surface area contributed by atoms with Crippen LogP contribution in [0, 0.1) is 51.8 Å². The van der Waals surface area contributed by atoms with Gasteiger partial charge in [-0.2, -0.15) is 5.26 Å². The summed E-state index contributed by atoms with van der Waals surface area (Å²) in [5, 5.41) is 9.64. The van der Waals surface area contributed by atoms with Crippen LogP contribution in [-0.4, -0.2) is 5.78 Å². The van der Waals surface area contributed by atoms with Crippen molar-refractivity contribution in [3.8, 4) is 6.07 Å². The number of carbonyl (C=O) groups excluding carboxylic acids is 1. The fourth-order valence-corrected chi connectivity index (χ4v) is 7.38. The Morgan fingerprint density at radius 3 is 2.71 bits per heavy atom. The van der Waals surface area contributed by atoms with Crippen LogP contribution < -0.4 is 0 Å². The number of hydrogen-bond acceptors (Lipinski definition) is 2. The fourth-order valence-electron chi connectivity index (χ4n) is 7.38. The summed E-state index contributed by atoms with van der Waals surface area (Å²) in [7, 11) is 0. The van der Waals surface area contributed by atoms with E-state index in [1.54, 1.807) is 0 Å². The summed E-state index contributed by atoms with van der Waals surface area (Å²) >= 11 is 0. The van der Waals surface area contributed by atoms with Crippen molar-refractivity contribution in [1.29, 1.82) is 5.26 Å². The maximum absolute atomic E-state index is 12.1. The average Bonchev–Trinajstić information content (AvgIpc) is 2.91. The van der Waals surface area contributed by atoms with Gasteiger partial charge in [-0.25, -0.2) is 0 Å². The lowest BCUT2D eigenvalue weighted by Gasteiger charge is -2.59. The Bertz CT molecular complexity index is 628. The van der Waals surface area contributed by atoms with Crippen LogP contribution in [0.2, 0.25) is 0 Å². The monoisotopic (exact) mass is 325 g/mol. The molecule has 0 bridgehead atoms. The first-order chi connectivity index (χ1) is 11.4. The van der Waals surface area contributed by atoms with E-state index in [1.165, 1.54) is 31.3 Å². The van der Waals surface area contributed by atoms with Crippen LogP contribution in [0.1, 0.15) is 72.1 Å². The molecule has 0 amide bonds. The van der Waals surface area contributed by atoms with Crippen LogP contribution in [0.15, 0.2) is 11.6 Å². The van der Waals surface area contributed by atoms with Gasteiger partial charge in [0.15, 0.2) is 5.78 Å². The lowest BCUT2D eigenvalue weighted by molar-refractivity contribution is -0.118. The van der Waals surface area contributed by atoms with Crippen molar-refractivity contribution in [3.63, 3.8) is 0 Å². The van der Waals surface area contributed by atoms with Gasteiger partial charge in [-0.3, -0.25) is 4.79 Å². The van der Waals surface area contributed by atoms with Gasteiger partial charge in [-0.1, -0.05) is 26.3 Å². The van der Waals surface area contributed by atoms with Crippen LogP contribution >= 0.6 is 0 Å². The first kappa shape index (κ1) is 16.4. The maximum atomic E-state index is 12.1. The van der Waals surface area contributed by atoms with Crippen molar-refractivity contribution in [2.45, 2.75) is 72.1 Å². The quantitative estimate of drug-likeness (QED) is 0.657. The smallest absolute Gasteiger partial charge is 0.155 e. The van der Waals surface area contributed by atoms with Gasteiger partial charge in [-0.15, -0.1) is 0 Å². The molecule has 2 nitrogen and oxygen atoms in total. The number of nitriles is 1. The Morgan fingerprint density at radius 2 is 2.00 bits per heavy atom. The summed E-state index contributed by atoms with van der Waals surface area (Å²) < 4.78 is 0. The molecule has 0 saturated heterocycles. The first-order valence-electron chi connectivity index (χ1n) is 10.1. The number of carbonyl (C=O) groups is 1. The molecule has 1 unspecified atom stereocenters. The molecule has 0 N–H and O–H groups in total. The number of ketones is 1. The second-order valence-electron chi connectivity index (χ2n) is 9.50. The Hall–Kier alpha value is -1.10. The Balaban J connectivity index is 1.74. The summed E-state index contributed by atoms with van der Waals surface area (Å²) in [5.41, 5.74) is 1.97. The molecule has 0 aromatic carbocycles. The molecular weight excluding hydrogens is 294 g/mol. The third-order valence-electron chi connectivity index (χ3n) is 8.77. The lowest BCUT2D eigenvalue weighted by Crippen LogP contribution is -2.52. The van der Waals surface area contributed by atoms with Gasteiger partial charge in [0, 0.05) is 6.42 Å². The molecule has 130 valence electrons. The van der Waals surface area contributed by atoms with Gasteiger partial charge in [0.25, 0.3) is 0 Å². The lowest BCUT2D eigenvalue weighted by atomic mass is 9.45. The van der Waals surface area contributed by atoms with Crippen molar-refractivity contribution in [3.05, 3.63) is 11.6 Å². The Kier molecular flexibility index (Phi) is 3.72. The zero-order valence-corrected chi connectivity index (χ0v) is 15.5. The minimum Gasteiger partial charge on any atom is -0.295 e. The van der Waals surface area contributed by atoms with Crippen LogP contribution in [0.25, 0.3) is 0 Å². The van der Waals surface area contributed by atoms with E-state index < -0.39 is 0 Å². The van der Waals surface area contributed by atoms with E-state index >= 15 is 0 Å². The minimum atomic E-state index is 0.240. The SMILES string of the molecule is CCC1C[C@H]2[C@@H]3CC[C@H](C#N)[C@@]3(C)CC[C@@H]2[C@@]2(C)CCC(=O)C=C12. The molecule has 0 radical (unpaired) electrons. The van der Waals surface area contributed by atoms with Gasteiger partial charge >= 0.3 is 0 Å². The van der Waals surface area contributed by atoms with Gasteiger partial charge in [0.05, 0.1) is 12.0 Å². The van der Waals surface area contributed by atoms with Gasteiger partial charge in [0.1, 0.15) is 0 Å². The number of rotatable bonds is 1. The van der Waals surface area contributed by atoms with Crippen molar-refractivity contribution in [2.24, 2.45) is 40.4 Å². The van der Waals surface area contributed by atoms with Gasteiger partial charge in [-0.05, 0) is 85.5 Å². The normalized spacial score (nSPS) is 50.3. The fraction of sp³-hybridized carbons (Fsp3) is 0.818. The van der Waals surface area contributed by atoms with Gasteiger partial charge < -0.3 is 0 Å². The van der Waals surface area contributed by atoms with E-state index in [4.69, 9.17) is 0 Å². The molecule has 4 aliphatic rings. The Labute approximate surface area is 146 Å². The molecule has 0 aliphatic heterocycles. The second-order valence-corrected chi connectivity index (χ2v) is 9.50. The number of allylic oxidation sites excluding steroid dienone is 1. The number of fused-ring (bicyclic) bond motifs is 5. The summed E-state index contributed by atoms with van der Waals surface area (Å²) in [5.74, 6) is 3.43. The highest BCUT2D eigenvalue weighted by atomic mass is 16.1. The van der Waals surface area contributed by atoms with Crippen LogP contribution in [0.4, 0.5) is 0 Å². The molecular formula is C22H31NO. The van der Waals surface area contributed by atoms with E-state index in [-0.39, 0.29) is 16.7 Å². The topological polar surface area (TPSA) is 40.9 Å². The molecule has 7 atom stereocenters. The van der Waals surface area contributed by atoms with E-state index in [1.807, 2.05) is 6.08 Å². The van der Waals surface area contributed by atoms with Crippen molar-refractivity contribution < 1.29 is 4.79 Å². The summed E-state index contributed by atoms with van der Waals surface area (Å²) in [4.78, 5) is 12.1. The second kappa shape index (κ2) is 5.45. The highest BCUT2D eigenvalue weighted by molar-refractivity contribution is 5.91. The molecule has 3 fully saturated rings. The highest BCUT2D eigenvalue weighted by Gasteiger charge is 2.60. The van der Waals surface area contributed by atoms with Crippen molar-refractivity contribution in [1.82, 2.24) is 0 Å². The first-order valence-corrected chi connectivity index (χ1v) is 10.1. The van der Waals surface area contributed by atoms with E-state index in [2.05, 4.69) is 26.8 Å². The Morgan fingerprint density at radius 1 is 1.21 bits per heavy atom. The minimum absolute atomic E-state index is 0.240. The zero-order chi connectivity index (χ0) is 17.1. The van der Waals surface area contributed by atoms with Crippen molar-refractivity contribution in [2.75, 3.05) is 0 Å². The zero-order valence-electron chi connectivity index (χ0n) is 15.5. The number of nitrogens with zero attached hydrogens (tertiary/aromatic N) is 1. The largest absolute Gasteiger partial charge is 0.295 e. The molecule has 0 aromatic heterocycles.